The zero-order valence-corrected chi connectivity index (χ0v) is 16.3. The first kappa shape index (κ1) is 18.0. The van der Waals surface area contributed by atoms with E-state index >= 15 is 0 Å². The van der Waals surface area contributed by atoms with E-state index in [0.29, 0.717) is 12.1 Å². The molecule has 0 aliphatic carbocycles. The highest BCUT2D eigenvalue weighted by Gasteiger charge is 2.19. The third-order valence-electron chi connectivity index (χ3n) is 5.27. The van der Waals surface area contributed by atoms with Crippen molar-refractivity contribution in [1.29, 1.82) is 5.26 Å². The Morgan fingerprint density at radius 1 is 1.10 bits per heavy atom. The van der Waals surface area contributed by atoms with Crippen molar-refractivity contribution in [1.82, 2.24) is 14.8 Å². The van der Waals surface area contributed by atoms with Crippen molar-refractivity contribution in [2.24, 2.45) is 0 Å². The van der Waals surface area contributed by atoms with Crippen molar-refractivity contribution < 1.29 is 0 Å². The summed E-state index contributed by atoms with van der Waals surface area (Å²) in [5, 5.41) is 21.0. The molecule has 3 heterocycles. The molecule has 2 aromatic heterocycles. The predicted molar refractivity (Wildman–Crippen MR) is 117 cm³/mol. The van der Waals surface area contributed by atoms with Crippen LogP contribution in [0.5, 0.6) is 0 Å². The van der Waals surface area contributed by atoms with Crippen LogP contribution in [0.2, 0.25) is 0 Å². The number of anilines is 2. The van der Waals surface area contributed by atoms with E-state index in [1.807, 2.05) is 59.4 Å². The largest absolute Gasteiger partial charge is 0.369 e. The molecule has 0 saturated carbocycles. The summed E-state index contributed by atoms with van der Waals surface area (Å²) >= 11 is 0. The molecule has 6 heteroatoms. The second-order valence-corrected chi connectivity index (χ2v) is 7.20. The molecule has 0 unspecified atom stereocenters. The van der Waals surface area contributed by atoms with Crippen LogP contribution in [0.3, 0.4) is 0 Å². The van der Waals surface area contributed by atoms with Gasteiger partial charge in [-0.15, -0.1) is 5.10 Å². The van der Waals surface area contributed by atoms with Crippen LogP contribution in [-0.4, -0.2) is 21.3 Å². The minimum atomic E-state index is 0.628. The zero-order valence-electron chi connectivity index (χ0n) is 16.3. The SMILES string of the molecule is N#Cc1cccc(-c2cn(-c3ccnc4c3CCN4)nc2NCc2ccccc2)c1. The average Bonchev–Trinajstić information content (AvgIpc) is 3.45. The summed E-state index contributed by atoms with van der Waals surface area (Å²) in [5.74, 6) is 1.71. The number of nitrogens with zero attached hydrogens (tertiary/aromatic N) is 4. The van der Waals surface area contributed by atoms with Crippen molar-refractivity contribution in [3.05, 3.63) is 89.7 Å². The molecular formula is C24H20N6. The van der Waals surface area contributed by atoms with Gasteiger partial charge in [-0.3, -0.25) is 0 Å². The molecule has 0 spiro atoms. The molecule has 30 heavy (non-hydrogen) atoms. The number of aromatic nitrogens is 3. The van der Waals surface area contributed by atoms with Crippen LogP contribution in [0.1, 0.15) is 16.7 Å². The highest BCUT2D eigenvalue weighted by molar-refractivity contribution is 5.76. The van der Waals surface area contributed by atoms with Crippen molar-refractivity contribution >= 4 is 11.6 Å². The minimum absolute atomic E-state index is 0.628. The van der Waals surface area contributed by atoms with Gasteiger partial charge in [-0.25, -0.2) is 9.67 Å². The summed E-state index contributed by atoms with van der Waals surface area (Å²) in [4.78, 5) is 4.43. The number of benzene rings is 2. The molecule has 0 amide bonds. The molecule has 2 N–H and O–H groups in total. The molecule has 1 aliphatic heterocycles. The van der Waals surface area contributed by atoms with Crippen LogP contribution in [0.15, 0.2) is 73.1 Å². The lowest BCUT2D eigenvalue weighted by Gasteiger charge is -2.07. The van der Waals surface area contributed by atoms with Crippen LogP contribution in [0, 0.1) is 11.3 Å². The quantitative estimate of drug-likeness (QED) is 0.527. The van der Waals surface area contributed by atoms with Gasteiger partial charge < -0.3 is 10.6 Å². The van der Waals surface area contributed by atoms with Crippen molar-refractivity contribution in [2.45, 2.75) is 13.0 Å². The molecule has 0 fully saturated rings. The van der Waals surface area contributed by atoms with E-state index in [4.69, 9.17) is 5.10 Å². The maximum atomic E-state index is 9.32. The third kappa shape index (κ3) is 3.38. The van der Waals surface area contributed by atoms with Crippen LogP contribution in [-0.2, 0) is 13.0 Å². The van der Waals surface area contributed by atoms with E-state index in [1.165, 1.54) is 11.1 Å². The van der Waals surface area contributed by atoms with Gasteiger partial charge in [0.05, 0.1) is 17.3 Å². The Labute approximate surface area is 174 Å². The van der Waals surface area contributed by atoms with Gasteiger partial charge >= 0.3 is 0 Å². The van der Waals surface area contributed by atoms with E-state index in [1.54, 1.807) is 6.20 Å². The number of nitriles is 1. The number of nitrogens with one attached hydrogen (secondary N) is 2. The fraction of sp³-hybridized carbons (Fsp3) is 0.125. The molecule has 1 aliphatic rings. The summed E-state index contributed by atoms with van der Waals surface area (Å²) in [6.07, 6.45) is 4.75. The first-order valence-electron chi connectivity index (χ1n) is 9.92. The molecule has 4 aromatic rings. The predicted octanol–water partition coefficient (Wildman–Crippen LogP) is 4.39. The Bertz CT molecular complexity index is 1240. The third-order valence-corrected chi connectivity index (χ3v) is 5.27. The molecule has 6 nitrogen and oxygen atoms in total. The monoisotopic (exact) mass is 392 g/mol. The van der Waals surface area contributed by atoms with E-state index in [9.17, 15) is 5.26 Å². The van der Waals surface area contributed by atoms with E-state index in [2.05, 4.69) is 33.8 Å². The van der Waals surface area contributed by atoms with Gasteiger partial charge in [0.25, 0.3) is 0 Å². The number of hydrogen-bond acceptors (Lipinski definition) is 5. The molecule has 0 radical (unpaired) electrons. The summed E-state index contributed by atoms with van der Waals surface area (Å²) in [6.45, 7) is 1.55. The van der Waals surface area contributed by atoms with Gasteiger partial charge in [-0.1, -0.05) is 42.5 Å². The molecule has 146 valence electrons. The fourth-order valence-electron chi connectivity index (χ4n) is 3.78. The lowest BCUT2D eigenvalue weighted by atomic mass is 10.1. The lowest BCUT2D eigenvalue weighted by molar-refractivity contribution is 0.862. The number of hydrogen-bond donors (Lipinski definition) is 2. The molecule has 0 saturated heterocycles. The summed E-state index contributed by atoms with van der Waals surface area (Å²) in [5.41, 5.74) is 5.92. The van der Waals surface area contributed by atoms with Crippen LogP contribution in [0.25, 0.3) is 16.8 Å². The van der Waals surface area contributed by atoms with Gasteiger partial charge in [-0.2, -0.15) is 5.26 Å². The highest BCUT2D eigenvalue weighted by atomic mass is 15.3. The van der Waals surface area contributed by atoms with Gasteiger partial charge in [0.15, 0.2) is 5.82 Å². The van der Waals surface area contributed by atoms with Crippen molar-refractivity contribution in [2.75, 3.05) is 17.2 Å². The average molecular weight is 392 g/mol. The molecule has 0 atom stereocenters. The summed E-state index contributed by atoms with van der Waals surface area (Å²) in [6, 6.07) is 22.1. The minimum Gasteiger partial charge on any atom is -0.369 e. The van der Waals surface area contributed by atoms with Crippen molar-refractivity contribution in [3.63, 3.8) is 0 Å². The number of pyridine rings is 1. The molecular weight excluding hydrogens is 372 g/mol. The first-order valence-corrected chi connectivity index (χ1v) is 9.92. The standard InChI is InChI=1S/C24H20N6/c25-14-18-7-4-8-19(13-18)21-16-30(22-10-12-27-23-20(22)9-11-26-23)29-24(21)28-15-17-5-2-1-3-6-17/h1-8,10,12-13,16H,9,11,15H2,(H,26,27)(H,28,29). The summed E-state index contributed by atoms with van der Waals surface area (Å²) in [7, 11) is 0. The van der Waals surface area contributed by atoms with E-state index in [0.717, 1.165) is 41.4 Å². The molecule has 5 rings (SSSR count). The van der Waals surface area contributed by atoms with Gasteiger partial charge in [0.2, 0.25) is 0 Å². The van der Waals surface area contributed by atoms with Crippen LogP contribution < -0.4 is 10.6 Å². The topological polar surface area (TPSA) is 78.6 Å². The number of fused-ring (bicyclic) bond motifs is 1. The normalized spacial score (nSPS) is 12.1. The second-order valence-electron chi connectivity index (χ2n) is 7.20. The van der Waals surface area contributed by atoms with Gasteiger partial charge in [0.1, 0.15) is 5.82 Å². The second kappa shape index (κ2) is 7.72. The van der Waals surface area contributed by atoms with Crippen LogP contribution in [0.4, 0.5) is 11.6 Å². The maximum Gasteiger partial charge on any atom is 0.156 e. The molecule has 2 aromatic carbocycles. The van der Waals surface area contributed by atoms with E-state index in [-0.39, 0.29) is 0 Å². The highest BCUT2D eigenvalue weighted by Crippen LogP contribution is 2.32. The van der Waals surface area contributed by atoms with Crippen LogP contribution >= 0.6 is 0 Å². The lowest BCUT2D eigenvalue weighted by Crippen LogP contribution is -2.03. The maximum absolute atomic E-state index is 9.32. The smallest absolute Gasteiger partial charge is 0.156 e. The van der Waals surface area contributed by atoms with Gasteiger partial charge in [0, 0.05) is 36.6 Å². The molecule has 0 bridgehead atoms. The fourth-order valence-corrected chi connectivity index (χ4v) is 3.78. The Morgan fingerprint density at radius 2 is 2.00 bits per heavy atom. The Kier molecular flexibility index (Phi) is 4.62. The van der Waals surface area contributed by atoms with Crippen molar-refractivity contribution in [3.8, 4) is 22.9 Å². The van der Waals surface area contributed by atoms with Gasteiger partial charge in [-0.05, 0) is 35.7 Å². The Hall–Kier alpha value is -4.11. The summed E-state index contributed by atoms with van der Waals surface area (Å²) < 4.78 is 1.91. The Morgan fingerprint density at radius 3 is 2.87 bits per heavy atom. The first-order chi connectivity index (χ1) is 14.8. The Balaban J connectivity index is 1.57. The van der Waals surface area contributed by atoms with E-state index < -0.39 is 0 Å². The zero-order chi connectivity index (χ0) is 20.3. The number of rotatable bonds is 5.